The van der Waals surface area contributed by atoms with Gasteiger partial charge in [0.05, 0.1) is 0 Å². The Balaban J connectivity index is 1.20. The summed E-state index contributed by atoms with van der Waals surface area (Å²) < 4.78 is 7.70. The predicted octanol–water partition coefficient (Wildman–Crippen LogP) is 14.9. The zero-order chi connectivity index (χ0) is 34.2. The smallest absolute Gasteiger partial charge is 0.136 e. The van der Waals surface area contributed by atoms with Gasteiger partial charge in [0.2, 0.25) is 0 Å². The maximum atomic E-state index is 6.40. The SMILES string of the molecule is c1ccc(-c2sc3ccccc3c2-c2c3ccccc3c(-c3ccccc3-c3ccc4oc5cc6ccccc6cc5c4c3)c3ccccc23)cc1. The molecule has 11 rings (SSSR count). The van der Waals surface area contributed by atoms with Crippen molar-refractivity contribution in [2.45, 2.75) is 0 Å². The maximum Gasteiger partial charge on any atom is 0.136 e. The van der Waals surface area contributed by atoms with E-state index >= 15 is 0 Å². The van der Waals surface area contributed by atoms with Crippen molar-refractivity contribution in [3.05, 3.63) is 182 Å². The molecule has 11 aromatic rings. The molecular weight excluding hydrogens is 649 g/mol. The number of rotatable bonds is 4. The summed E-state index contributed by atoms with van der Waals surface area (Å²) in [5.74, 6) is 0. The third kappa shape index (κ3) is 4.41. The van der Waals surface area contributed by atoms with Crippen LogP contribution in [0.3, 0.4) is 0 Å². The van der Waals surface area contributed by atoms with Crippen molar-refractivity contribution in [1.29, 1.82) is 0 Å². The molecule has 0 saturated carbocycles. The number of thiophene rings is 1. The van der Waals surface area contributed by atoms with Crippen LogP contribution in [0.25, 0.3) is 108 Å². The molecule has 2 heterocycles. The lowest BCUT2D eigenvalue weighted by Gasteiger charge is -2.20. The molecule has 52 heavy (non-hydrogen) atoms. The average molecular weight is 679 g/mol. The highest BCUT2D eigenvalue weighted by atomic mass is 32.1. The second kappa shape index (κ2) is 11.5. The van der Waals surface area contributed by atoms with E-state index in [1.54, 1.807) is 0 Å². The van der Waals surface area contributed by atoms with Crippen molar-refractivity contribution >= 4 is 75.7 Å². The minimum atomic E-state index is 0.906. The molecule has 0 fully saturated rings. The zero-order valence-corrected chi connectivity index (χ0v) is 29.0. The molecule has 0 unspecified atom stereocenters. The monoisotopic (exact) mass is 678 g/mol. The largest absolute Gasteiger partial charge is 0.456 e. The summed E-state index contributed by atoms with van der Waals surface area (Å²) in [7, 11) is 0. The standard InChI is InChI=1S/C50H30OS/c1-2-14-31(15-3-1)50-49(41-24-12-13-25-46(41)52-50)48-39-22-10-8-20-37(39)47(38-21-9-11-23-40(38)48)36-19-7-6-18-35(36)34-26-27-44-42(29-34)43-28-32-16-4-5-17-33(32)30-45(43)51-44/h1-30H. The van der Waals surface area contributed by atoms with E-state index in [9.17, 15) is 0 Å². The molecule has 0 bridgehead atoms. The van der Waals surface area contributed by atoms with Crippen LogP contribution in [0.4, 0.5) is 0 Å². The number of benzene rings is 9. The summed E-state index contributed by atoms with van der Waals surface area (Å²) in [6, 6.07) is 66.2. The Labute approximate surface area is 304 Å². The summed E-state index contributed by atoms with van der Waals surface area (Å²) >= 11 is 1.88. The molecule has 1 nitrogen and oxygen atoms in total. The first-order chi connectivity index (χ1) is 25.8. The second-order valence-corrected chi connectivity index (χ2v) is 14.6. The molecule has 242 valence electrons. The summed E-state index contributed by atoms with van der Waals surface area (Å²) in [6.07, 6.45) is 0. The molecule has 0 aliphatic carbocycles. The van der Waals surface area contributed by atoms with Gasteiger partial charge in [-0.05, 0) is 96.0 Å². The highest BCUT2D eigenvalue weighted by molar-refractivity contribution is 7.23. The quantitative estimate of drug-likeness (QED) is 0.169. The Morgan fingerprint density at radius 2 is 0.885 bits per heavy atom. The van der Waals surface area contributed by atoms with Gasteiger partial charge in [0.1, 0.15) is 11.2 Å². The maximum absolute atomic E-state index is 6.40. The van der Waals surface area contributed by atoms with Crippen LogP contribution in [-0.2, 0) is 0 Å². The van der Waals surface area contributed by atoms with Gasteiger partial charge in [-0.2, -0.15) is 0 Å². The first-order valence-corrected chi connectivity index (χ1v) is 18.6. The van der Waals surface area contributed by atoms with Crippen LogP contribution in [0.5, 0.6) is 0 Å². The van der Waals surface area contributed by atoms with Crippen LogP contribution in [0, 0.1) is 0 Å². The van der Waals surface area contributed by atoms with Crippen molar-refractivity contribution in [2.75, 3.05) is 0 Å². The zero-order valence-electron chi connectivity index (χ0n) is 28.1. The molecule has 0 aliphatic rings. The summed E-state index contributed by atoms with van der Waals surface area (Å²) in [5, 5.41) is 11.0. The summed E-state index contributed by atoms with van der Waals surface area (Å²) in [4.78, 5) is 1.30. The van der Waals surface area contributed by atoms with Crippen LogP contribution < -0.4 is 0 Å². The molecular formula is C50H30OS. The van der Waals surface area contributed by atoms with Crippen molar-refractivity contribution in [3.63, 3.8) is 0 Å². The molecule has 2 aromatic heterocycles. The minimum absolute atomic E-state index is 0.906. The second-order valence-electron chi connectivity index (χ2n) is 13.6. The predicted molar refractivity (Wildman–Crippen MR) is 223 cm³/mol. The van der Waals surface area contributed by atoms with Gasteiger partial charge in [0, 0.05) is 31.3 Å². The molecule has 0 saturated heterocycles. The molecule has 0 N–H and O–H groups in total. The van der Waals surface area contributed by atoms with Crippen LogP contribution in [0.2, 0.25) is 0 Å². The highest BCUT2D eigenvalue weighted by Gasteiger charge is 2.23. The molecule has 0 aliphatic heterocycles. The van der Waals surface area contributed by atoms with E-state index < -0.39 is 0 Å². The normalized spacial score (nSPS) is 11.8. The molecule has 9 aromatic carbocycles. The topological polar surface area (TPSA) is 13.1 Å². The van der Waals surface area contributed by atoms with Crippen molar-refractivity contribution in [1.82, 2.24) is 0 Å². The Bertz CT molecular complexity index is 3120. The van der Waals surface area contributed by atoms with Crippen molar-refractivity contribution in [3.8, 4) is 43.8 Å². The lowest BCUT2D eigenvalue weighted by atomic mass is 9.83. The summed E-state index contributed by atoms with van der Waals surface area (Å²) in [5.41, 5.74) is 10.5. The van der Waals surface area contributed by atoms with Gasteiger partial charge in [-0.25, -0.2) is 0 Å². The van der Waals surface area contributed by atoms with Gasteiger partial charge in [0.25, 0.3) is 0 Å². The summed E-state index contributed by atoms with van der Waals surface area (Å²) in [6.45, 7) is 0. The fraction of sp³-hybridized carbons (Fsp3) is 0. The molecule has 0 spiro atoms. The van der Waals surface area contributed by atoms with Gasteiger partial charge in [-0.15, -0.1) is 11.3 Å². The molecule has 2 heteroatoms. The van der Waals surface area contributed by atoms with Crippen molar-refractivity contribution < 1.29 is 4.42 Å². The van der Waals surface area contributed by atoms with Crippen molar-refractivity contribution in [2.24, 2.45) is 0 Å². The third-order valence-electron chi connectivity index (χ3n) is 10.7. The highest BCUT2D eigenvalue weighted by Crippen LogP contribution is 2.52. The lowest BCUT2D eigenvalue weighted by molar-refractivity contribution is 0.669. The van der Waals surface area contributed by atoms with Gasteiger partial charge < -0.3 is 4.42 Å². The number of hydrogen-bond acceptors (Lipinski definition) is 2. The number of fused-ring (bicyclic) bond motifs is 7. The van der Waals surface area contributed by atoms with Crippen LogP contribution in [0.1, 0.15) is 0 Å². The van der Waals surface area contributed by atoms with E-state index in [-0.39, 0.29) is 0 Å². The Hall–Kier alpha value is -6.48. The van der Waals surface area contributed by atoms with Crippen LogP contribution >= 0.6 is 11.3 Å². The molecule has 0 atom stereocenters. The first-order valence-electron chi connectivity index (χ1n) is 17.8. The number of hydrogen-bond donors (Lipinski definition) is 0. The van der Waals surface area contributed by atoms with E-state index in [4.69, 9.17) is 4.42 Å². The number of furan rings is 1. The lowest BCUT2D eigenvalue weighted by Crippen LogP contribution is -1.93. The fourth-order valence-corrected chi connectivity index (χ4v) is 9.57. The van der Waals surface area contributed by atoms with E-state index in [0.29, 0.717) is 0 Å². The first kappa shape index (κ1) is 29.3. The van der Waals surface area contributed by atoms with Crippen LogP contribution in [-0.4, -0.2) is 0 Å². The Morgan fingerprint density at radius 3 is 1.62 bits per heavy atom. The van der Waals surface area contributed by atoms with Gasteiger partial charge in [0.15, 0.2) is 0 Å². The average Bonchev–Trinajstić information content (AvgIpc) is 3.77. The van der Waals surface area contributed by atoms with Gasteiger partial charge in [-0.3, -0.25) is 0 Å². The van der Waals surface area contributed by atoms with Crippen LogP contribution in [0.15, 0.2) is 186 Å². The Kier molecular flexibility index (Phi) is 6.49. The van der Waals surface area contributed by atoms with E-state index in [1.807, 2.05) is 11.3 Å². The van der Waals surface area contributed by atoms with Gasteiger partial charge in [-0.1, -0.05) is 152 Å². The third-order valence-corrected chi connectivity index (χ3v) is 11.9. The minimum Gasteiger partial charge on any atom is -0.456 e. The molecule has 0 radical (unpaired) electrons. The van der Waals surface area contributed by atoms with E-state index in [2.05, 4.69) is 182 Å². The van der Waals surface area contributed by atoms with E-state index in [0.717, 1.165) is 21.9 Å². The molecule has 0 amide bonds. The fourth-order valence-electron chi connectivity index (χ4n) is 8.36. The van der Waals surface area contributed by atoms with Gasteiger partial charge >= 0.3 is 0 Å². The Morgan fingerprint density at radius 1 is 0.327 bits per heavy atom. The van der Waals surface area contributed by atoms with E-state index in [1.165, 1.54) is 86.2 Å².